The van der Waals surface area contributed by atoms with Crippen molar-refractivity contribution in [2.24, 2.45) is 0 Å². The summed E-state index contributed by atoms with van der Waals surface area (Å²) in [6.45, 7) is 9.91. The van der Waals surface area contributed by atoms with E-state index < -0.39 is 40.0 Å². The summed E-state index contributed by atoms with van der Waals surface area (Å²) in [5.74, 6) is -1.05. The van der Waals surface area contributed by atoms with Crippen molar-refractivity contribution in [3.8, 4) is 0 Å². The molecule has 0 fully saturated rings. The SMILES string of the molecule is CC(C)(C)OC(=O)Nc1cc(NC(=O)OC(C)(C)C)c(F)c(C(=O)Cl)c1. The minimum atomic E-state index is -1.09. The molecule has 0 saturated carbocycles. The highest BCUT2D eigenvalue weighted by molar-refractivity contribution is 6.67. The molecule has 144 valence electrons. The van der Waals surface area contributed by atoms with Gasteiger partial charge in [0.1, 0.15) is 11.2 Å². The molecule has 7 nitrogen and oxygen atoms in total. The zero-order valence-corrected chi connectivity index (χ0v) is 16.2. The van der Waals surface area contributed by atoms with E-state index in [0.717, 1.165) is 12.1 Å². The molecular weight excluding hydrogens is 367 g/mol. The van der Waals surface area contributed by atoms with Gasteiger partial charge in [0, 0.05) is 5.69 Å². The van der Waals surface area contributed by atoms with Crippen LogP contribution in [0.25, 0.3) is 0 Å². The number of hydrogen-bond acceptors (Lipinski definition) is 5. The maximum Gasteiger partial charge on any atom is 0.412 e. The lowest BCUT2D eigenvalue weighted by molar-refractivity contribution is 0.0625. The third-order valence-corrected chi connectivity index (χ3v) is 2.77. The minimum Gasteiger partial charge on any atom is -0.444 e. The second-order valence-electron chi connectivity index (χ2n) is 7.41. The topological polar surface area (TPSA) is 93.7 Å². The first-order valence-corrected chi connectivity index (χ1v) is 8.09. The predicted molar refractivity (Wildman–Crippen MR) is 96.3 cm³/mol. The summed E-state index contributed by atoms with van der Waals surface area (Å²) in [5, 5.41) is 3.44. The molecule has 2 amide bonds. The van der Waals surface area contributed by atoms with Crippen LogP contribution in [0.4, 0.5) is 25.4 Å². The van der Waals surface area contributed by atoms with Crippen LogP contribution in [0.5, 0.6) is 0 Å². The lowest BCUT2D eigenvalue weighted by Crippen LogP contribution is -2.28. The van der Waals surface area contributed by atoms with E-state index in [1.54, 1.807) is 41.5 Å². The zero-order valence-electron chi connectivity index (χ0n) is 15.5. The van der Waals surface area contributed by atoms with Gasteiger partial charge in [-0.2, -0.15) is 0 Å². The smallest absolute Gasteiger partial charge is 0.412 e. The summed E-state index contributed by atoms with van der Waals surface area (Å²) < 4.78 is 24.5. The Morgan fingerprint density at radius 3 is 1.81 bits per heavy atom. The van der Waals surface area contributed by atoms with E-state index in [1.807, 2.05) is 0 Å². The lowest BCUT2D eigenvalue weighted by atomic mass is 10.1. The largest absolute Gasteiger partial charge is 0.444 e. The Bertz CT molecular complexity index is 723. The molecule has 0 heterocycles. The fraction of sp³-hybridized carbons (Fsp3) is 0.471. The van der Waals surface area contributed by atoms with Crippen LogP contribution in [-0.4, -0.2) is 28.6 Å². The number of hydrogen-bond donors (Lipinski definition) is 2. The van der Waals surface area contributed by atoms with Gasteiger partial charge in [0.2, 0.25) is 0 Å². The number of nitrogens with one attached hydrogen (secondary N) is 2. The van der Waals surface area contributed by atoms with E-state index in [9.17, 15) is 18.8 Å². The third kappa shape index (κ3) is 7.26. The van der Waals surface area contributed by atoms with Crippen molar-refractivity contribution in [3.05, 3.63) is 23.5 Å². The van der Waals surface area contributed by atoms with Crippen LogP contribution in [0.3, 0.4) is 0 Å². The van der Waals surface area contributed by atoms with Crippen molar-refractivity contribution in [2.75, 3.05) is 10.6 Å². The van der Waals surface area contributed by atoms with Gasteiger partial charge < -0.3 is 9.47 Å². The standard InChI is InChI=1S/C17H22ClFN2O5/c1-16(2,3)25-14(23)20-9-7-10(13(18)22)12(19)11(8-9)21-15(24)26-17(4,5)6/h7-8H,1-6H3,(H,20,23)(H,21,24). The molecule has 0 aliphatic heterocycles. The van der Waals surface area contributed by atoms with E-state index in [0.29, 0.717) is 0 Å². The number of anilines is 2. The third-order valence-electron chi connectivity index (χ3n) is 2.57. The van der Waals surface area contributed by atoms with Crippen LogP contribution in [0.2, 0.25) is 0 Å². The first-order chi connectivity index (χ1) is 11.7. The van der Waals surface area contributed by atoms with E-state index in [4.69, 9.17) is 21.1 Å². The average Bonchev–Trinajstić information content (AvgIpc) is 2.37. The fourth-order valence-corrected chi connectivity index (χ4v) is 1.90. The number of halogens is 2. The van der Waals surface area contributed by atoms with Crippen LogP contribution >= 0.6 is 11.6 Å². The number of benzene rings is 1. The van der Waals surface area contributed by atoms with Crippen LogP contribution in [-0.2, 0) is 9.47 Å². The Kier molecular flexibility index (Phi) is 6.59. The second-order valence-corrected chi connectivity index (χ2v) is 7.76. The molecule has 0 aliphatic carbocycles. The van der Waals surface area contributed by atoms with Crippen LogP contribution in [0, 0.1) is 5.82 Å². The monoisotopic (exact) mass is 388 g/mol. The zero-order chi connectivity index (χ0) is 20.3. The maximum atomic E-state index is 14.4. The number of amides is 2. The van der Waals surface area contributed by atoms with Crippen LogP contribution in [0.1, 0.15) is 51.9 Å². The molecule has 0 radical (unpaired) electrons. The van der Waals surface area contributed by atoms with Gasteiger partial charge in [0.15, 0.2) is 5.82 Å². The Hall–Kier alpha value is -2.35. The van der Waals surface area contributed by atoms with Crippen molar-refractivity contribution in [1.29, 1.82) is 0 Å². The summed E-state index contributed by atoms with van der Waals surface area (Å²) in [5.41, 5.74) is -2.45. The van der Waals surface area contributed by atoms with Crippen molar-refractivity contribution in [1.82, 2.24) is 0 Å². The molecule has 1 aromatic rings. The van der Waals surface area contributed by atoms with Gasteiger partial charge in [-0.1, -0.05) is 0 Å². The molecule has 0 unspecified atom stereocenters. The molecule has 26 heavy (non-hydrogen) atoms. The quantitative estimate of drug-likeness (QED) is 0.718. The van der Waals surface area contributed by atoms with Gasteiger partial charge >= 0.3 is 12.2 Å². The van der Waals surface area contributed by atoms with Crippen molar-refractivity contribution in [3.63, 3.8) is 0 Å². The Morgan fingerprint density at radius 1 is 0.923 bits per heavy atom. The molecule has 1 rings (SSSR count). The van der Waals surface area contributed by atoms with Crippen molar-refractivity contribution in [2.45, 2.75) is 52.7 Å². The summed E-state index contributed by atoms with van der Waals surface area (Å²) in [4.78, 5) is 35.1. The molecule has 1 aromatic carbocycles. The number of ether oxygens (including phenoxy) is 2. The van der Waals surface area contributed by atoms with Gasteiger partial charge in [-0.15, -0.1) is 0 Å². The number of carbonyl (C=O) groups is 3. The molecule has 0 bridgehead atoms. The lowest BCUT2D eigenvalue weighted by Gasteiger charge is -2.21. The van der Waals surface area contributed by atoms with Crippen LogP contribution in [0.15, 0.2) is 12.1 Å². The number of rotatable bonds is 3. The molecular formula is C17H22ClFN2O5. The first kappa shape index (κ1) is 21.7. The minimum absolute atomic E-state index is 0.00992. The van der Waals surface area contributed by atoms with Gasteiger partial charge in [-0.25, -0.2) is 14.0 Å². The van der Waals surface area contributed by atoms with Gasteiger partial charge in [-0.3, -0.25) is 15.4 Å². The van der Waals surface area contributed by atoms with Crippen molar-refractivity contribution < 1.29 is 28.2 Å². The van der Waals surface area contributed by atoms with Gasteiger partial charge in [0.05, 0.1) is 11.3 Å². The highest BCUT2D eigenvalue weighted by Gasteiger charge is 2.22. The van der Waals surface area contributed by atoms with E-state index >= 15 is 0 Å². The molecule has 2 N–H and O–H groups in total. The van der Waals surface area contributed by atoms with E-state index in [2.05, 4.69) is 10.6 Å². The fourth-order valence-electron chi connectivity index (χ4n) is 1.77. The highest BCUT2D eigenvalue weighted by atomic mass is 35.5. The molecule has 0 atom stereocenters. The number of carbonyl (C=O) groups excluding carboxylic acids is 3. The summed E-state index contributed by atoms with van der Waals surface area (Å²) in [6.07, 6.45) is -1.75. The molecule has 0 saturated heterocycles. The summed E-state index contributed by atoms with van der Waals surface area (Å²) in [6, 6.07) is 2.15. The van der Waals surface area contributed by atoms with Gasteiger partial charge in [0.25, 0.3) is 5.24 Å². The Labute approximate surface area is 156 Å². The predicted octanol–water partition coefficient (Wildman–Crippen LogP) is 4.90. The van der Waals surface area contributed by atoms with Crippen molar-refractivity contribution >= 4 is 40.4 Å². The summed E-state index contributed by atoms with van der Waals surface area (Å²) >= 11 is 5.37. The normalized spacial score (nSPS) is 11.5. The Morgan fingerprint density at radius 2 is 1.38 bits per heavy atom. The highest BCUT2D eigenvalue weighted by Crippen LogP contribution is 2.26. The van der Waals surface area contributed by atoms with Gasteiger partial charge in [-0.05, 0) is 65.3 Å². The van der Waals surface area contributed by atoms with Crippen LogP contribution < -0.4 is 10.6 Å². The maximum absolute atomic E-state index is 14.4. The summed E-state index contributed by atoms with van der Waals surface area (Å²) in [7, 11) is 0. The average molecular weight is 389 g/mol. The Balaban J connectivity index is 3.14. The molecule has 0 spiro atoms. The molecule has 9 heteroatoms. The first-order valence-electron chi connectivity index (χ1n) is 7.71. The molecule has 0 aromatic heterocycles. The second kappa shape index (κ2) is 7.90. The molecule has 0 aliphatic rings. The van der Waals surface area contributed by atoms with E-state index in [-0.39, 0.29) is 11.4 Å². The van der Waals surface area contributed by atoms with E-state index in [1.165, 1.54) is 0 Å².